The number of likely N-dealkylation sites (N-methyl/N-ethyl adjacent to an activating group) is 2. The largest absolute Gasteiger partial charge is 0.497 e. The lowest BCUT2D eigenvalue weighted by atomic mass is 10.2. The fraction of sp³-hybridized carbons (Fsp3) is 0.591. The molecule has 1 saturated heterocycles. The van der Waals surface area contributed by atoms with E-state index in [1.54, 1.807) is 7.11 Å². The molecule has 8 nitrogen and oxygen atoms in total. The molecule has 1 aromatic heterocycles. The second-order valence-electron chi connectivity index (χ2n) is 7.87. The van der Waals surface area contributed by atoms with Gasteiger partial charge in [0.2, 0.25) is 0 Å². The Morgan fingerprint density at radius 2 is 2.03 bits per heavy atom. The molecule has 0 bridgehead atoms. The highest BCUT2D eigenvalue weighted by Crippen LogP contribution is 2.17. The van der Waals surface area contributed by atoms with Crippen LogP contribution in [-0.2, 0) is 20.1 Å². The van der Waals surface area contributed by atoms with Crippen molar-refractivity contribution in [1.29, 1.82) is 0 Å². The summed E-state index contributed by atoms with van der Waals surface area (Å²) >= 11 is 0. The smallest absolute Gasteiger partial charge is 0.194 e. The SMILES string of the molecule is CCN1CCCC1CN(C)C(=NCc1ccc(OC)cc1)NCc1nnc(C)n1C.I. The normalized spacial score (nSPS) is 16.8. The third-order valence-electron chi connectivity index (χ3n) is 5.91. The van der Waals surface area contributed by atoms with Gasteiger partial charge in [0, 0.05) is 26.7 Å². The van der Waals surface area contributed by atoms with Crippen LogP contribution in [0.1, 0.15) is 37.0 Å². The first-order chi connectivity index (χ1) is 14.5. The molecule has 0 saturated carbocycles. The van der Waals surface area contributed by atoms with Crippen LogP contribution in [0.3, 0.4) is 0 Å². The number of guanidine groups is 1. The van der Waals surface area contributed by atoms with Crippen LogP contribution in [-0.4, -0.2) is 70.4 Å². The molecule has 1 atom stereocenters. The van der Waals surface area contributed by atoms with E-state index >= 15 is 0 Å². The van der Waals surface area contributed by atoms with Gasteiger partial charge >= 0.3 is 0 Å². The highest BCUT2D eigenvalue weighted by molar-refractivity contribution is 14.0. The molecule has 1 fully saturated rings. The molecule has 3 rings (SSSR count). The molecule has 9 heteroatoms. The Balaban J connectivity index is 0.00000341. The summed E-state index contributed by atoms with van der Waals surface area (Å²) in [4.78, 5) is 9.71. The molecule has 1 unspecified atom stereocenters. The maximum Gasteiger partial charge on any atom is 0.194 e. The van der Waals surface area contributed by atoms with E-state index in [0.717, 1.165) is 42.0 Å². The lowest BCUT2D eigenvalue weighted by Gasteiger charge is -2.30. The zero-order chi connectivity index (χ0) is 21.5. The zero-order valence-corrected chi connectivity index (χ0v) is 21.7. The first-order valence-corrected chi connectivity index (χ1v) is 10.7. The van der Waals surface area contributed by atoms with Gasteiger partial charge in [-0.15, -0.1) is 34.2 Å². The van der Waals surface area contributed by atoms with Crippen molar-refractivity contribution in [1.82, 2.24) is 29.9 Å². The van der Waals surface area contributed by atoms with Crippen molar-refractivity contribution >= 4 is 29.9 Å². The van der Waals surface area contributed by atoms with E-state index in [1.165, 1.54) is 19.4 Å². The summed E-state index contributed by atoms with van der Waals surface area (Å²) in [6.45, 7) is 8.65. The highest BCUT2D eigenvalue weighted by Gasteiger charge is 2.25. The lowest BCUT2D eigenvalue weighted by molar-refractivity contribution is 0.232. The standard InChI is InChI=1S/C22H35N7O.HI/c1-6-29-13-7-8-19(29)16-27(3)22(24-15-21-26-25-17(2)28(21)4)23-14-18-9-11-20(30-5)12-10-18;/h9-12,19H,6-8,13-16H2,1-5H3,(H,23,24);1H. The predicted octanol–water partition coefficient (Wildman–Crippen LogP) is 2.81. The number of nitrogens with zero attached hydrogens (tertiary/aromatic N) is 6. The number of aromatic nitrogens is 3. The van der Waals surface area contributed by atoms with Crippen molar-refractivity contribution in [3.63, 3.8) is 0 Å². The molecular formula is C22H36IN7O. The van der Waals surface area contributed by atoms with E-state index in [1.807, 2.05) is 30.7 Å². The van der Waals surface area contributed by atoms with Crippen molar-refractivity contribution in [2.45, 2.75) is 45.8 Å². The van der Waals surface area contributed by atoms with Crippen LogP contribution in [0.25, 0.3) is 0 Å². The van der Waals surface area contributed by atoms with E-state index in [4.69, 9.17) is 9.73 Å². The zero-order valence-electron chi connectivity index (χ0n) is 19.3. The summed E-state index contributed by atoms with van der Waals surface area (Å²) < 4.78 is 7.26. The number of hydrogen-bond donors (Lipinski definition) is 1. The number of hydrogen-bond acceptors (Lipinski definition) is 5. The molecule has 0 spiro atoms. The van der Waals surface area contributed by atoms with Crippen molar-refractivity contribution < 1.29 is 4.74 Å². The third-order valence-corrected chi connectivity index (χ3v) is 5.91. The first-order valence-electron chi connectivity index (χ1n) is 10.7. The average molecular weight is 541 g/mol. The van der Waals surface area contributed by atoms with E-state index in [0.29, 0.717) is 19.1 Å². The third kappa shape index (κ3) is 6.80. The monoisotopic (exact) mass is 541 g/mol. The number of ether oxygens (including phenoxy) is 1. The van der Waals surface area contributed by atoms with Crippen LogP contribution in [0.5, 0.6) is 5.75 Å². The minimum absolute atomic E-state index is 0. The Hall–Kier alpha value is -1.88. The maximum atomic E-state index is 5.25. The average Bonchev–Trinajstić information content (AvgIpc) is 3.34. The van der Waals surface area contributed by atoms with Crippen molar-refractivity contribution in [2.75, 3.05) is 33.8 Å². The van der Waals surface area contributed by atoms with Crippen molar-refractivity contribution in [3.8, 4) is 5.75 Å². The molecule has 31 heavy (non-hydrogen) atoms. The fourth-order valence-electron chi connectivity index (χ4n) is 3.89. The second kappa shape index (κ2) is 12.2. The summed E-state index contributed by atoms with van der Waals surface area (Å²) in [6, 6.07) is 8.64. The second-order valence-corrected chi connectivity index (χ2v) is 7.87. The molecule has 1 aromatic carbocycles. The summed E-state index contributed by atoms with van der Waals surface area (Å²) in [6.07, 6.45) is 2.52. The molecule has 172 valence electrons. The summed E-state index contributed by atoms with van der Waals surface area (Å²) in [5.74, 6) is 3.54. The number of benzene rings is 1. The fourth-order valence-corrected chi connectivity index (χ4v) is 3.89. The van der Waals surface area contributed by atoms with Gasteiger partial charge in [-0.25, -0.2) is 4.99 Å². The molecule has 1 N–H and O–H groups in total. The van der Waals surface area contributed by atoms with Crippen molar-refractivity contribution in [3.05, 3.63) is 41.5 Å². The molecule has 2 heterocycles. The summed E-state index contributed by atoms with van der Waals surface area (Å²) in [5.41, 5.74) is 1.15. The Morgan fingerprint density at radius 3 is 2.65 bits per heavy atom. The topological polar surface area (TPSA) is 70.8 Å². The predicted molar refractivity (Wildman–Crippen MR) is 135 cm³/mol. The van der Waals surface area contributed by atoms with Crippen LogP contribution in [0, 0.1) is 6.92 Å². The number of likely N-dealkylation sites (tertiary alicyclic amines) is 1. The summed E-state index contributed by atoms with van der Waals surface area (Å²) in [7, 11) is 5.79. The molecule has 2 aromatic rings. The van der Waals surface area contributed by atoms with Gasteiger partial charge in [0.05, 0.1) is 20.2 Å². The Bertz CT molecular complexity index is 837. The van der Waals surface area contributed by atoms with Crippen LogP contribution in [0.2, 0.25) is 0 Å². The highest BCUT2D eigenvalue weighted by atomic mass is 127. The minimum atomic E-state index is 0. The molecule has 0 radical (unpaired) electrons. The van der Waals surface area contributed by atoms with Gasteiger partial charge in [-0.05, 0) is 50.6 Å². The van der Waals surface area contributed by atoms with Crippen molar-refractivity contribution in [2.24, 2.45) is 12.0 Å². The first kappa shape index (κ1) is 25.4. The van der Waals surface area contributed by atoms with E-state index in [-0.39, 0.29) is 24.0 Å². The molecule has 1 aliphatic heterocycles. The Kier molecular flexibility index (Phi) is 10.0. The van der Waals surface area contributed by atoms with E-state index in [2.05, 4.69) is 51.4 Å². The van der Waals surface area contributed by atoms with Gasteiger partial charge in [0.25, 0.3) is 0 Å². The van der Waals surface area contributed by atoms with Gasteiger partial charge < -0.3 is 19.5 Å². The number of aliphatic imine (C=N–C) groups is 1. The van der Waals surface area contributed by atoms with Crippen LogP contribution in [0.4, 0.5) is 0 Å². The lowest BCUT2D eigenvalue weighted by Crippen LogP contribution is -2.46. The van der Waals surface area contributed by atoms with Crippen LogP contribution < -0.4 is 10.1 Å². The van der Waals surface area contributed by atoms with Gasteiger partial charge in [0.1, 0.15) is 11.6 Å². The molecule has 1 aliphatic rings. The minimum Gasteiger partial charge on any atom is -0.497 e. The van der Waals surface area contributed by atoms with E-state index in [9.17, 15) is 0 Å². The maximum absolute atomic E-state index is 5.25. The number of nitrogens with one attached hydrogen (secondary N) is 1. The van der Waals surface area contributed by atoms with Gasteiger partial charge in [-0.2, -0.15) is 0 Å². The number of aryl methyl sites for hydroxylation is 1. The van der Waals surface area contributed by atoms with E-state index < -0.39 is 0 Å². The number of methoxy groups -OCH3 is 1. The van der Waals surface area contributed by atoms with Gasteiger partial charge in [-0.3, -0.25) is 4.90 Å². The molecule has 0 aliphatic carbocycles. The molecule has 0 amide bonds. The van der Waals surface area contributed by atoms with Gasteiger partial charge in [0.15, 0.2) is 11.8 Å². The van der Waals surface area contributed by atoms with Crippen LogP contribution in [0.15, 0.2) is 29.3 Å². The van der Waals surface area contributed by atoms with Crippen LogP contribution >= 0.6 is 24.0 Å². The molecular weight excluding hydrogens is 505 g/mol. The quantitative estimate of drug-likeness (QED) is 0.315. The Morgan fingerprint density at radius 1 is 1.29 bits per heavy atom. The summed E-state index contributed by atoms with van der Waals surface area (Å²) in [5, 5.41) is 11.9. The number of halogens is 1. The Labute approximate surface area is 203 Å². The van der Waals surface area contributed by atoms with Gasteiger partial charge in [-0.1, -0.05) is 19.1 Å². The number of rotatable bonds is 8.